The summed E-state index contributed by atoms with van der Waals surface area (Å²) < 4.78 is 34.7. The number of sulfone groups is 1. The highest BCUT2D eigenvalue weighted by atomic mass is 32.2. The molecule has 6 aromatic carbocycles. The van der Waals surface area contributed by atoms with Gasteiger partial charge in [-0.2, -0.15) is 0 Å². The van der Waals surface area contributed by atoms with E-state index in [9.17, 15) is 38.2 Å². The van der Waals surface area contributed by atoms with Crippen LogP contribution in [0.25, 0.3) is 97.7 Å². The molecule has 336 valence electrons. The topological polar surface area (TPSA) is 215 Å². The molecule has 2 aliphatic carbocycles. The zero-order chi connectivity index (χ0) is 46.3. The van der Waals surface area contributed by atoms with Crippen LogP contribution in [-0.4, -0.2) is 79.1 Å². The molecule has 3 fully saturated rings. The Morgan fingerprint density at radius 3 is 1.19 bits per heavy atom. The van der Waals surface area contributed by atoms with Gasteiger partial charge in [0.1, 0.15) is 0 Å². The van der Waals surface area contributed by atoms with Gasteiger partial charge in [0.25, 0.3) is 23.6 Å². The van der Waals surface area contributed by atoms with Gasteiger partial charge in [-0.15, -0.1) is 0 Å². The molecule has 69 heavy (non-hydrogen) atoms. The fourth-order valence-corrected chi connectivity index (χ4v) is 17.1. The number of aliphatic hydroxyl groups excluding tert-OH is 1. The maximum atomic E-state index is 13.2. The minimum Gasteiger partial charge on any atom is -0.390 e. The van der Waals surface area contributed by atoms with Crippen molar-refractivity contribution in [2.45, 2.75) is 49.2 Å². The highest BCUT2D eigenvalue weighted by molar-refractivity contribution is 7.91. The zero-order valence-electron chi connectivity index (χ0n) is 36.1. The number of azide groups is 1. The lowest BCUT2D eigenvalue weighted by Gasteiger charge is -2.24. The van der Waals surface area contributed by atoms with Crippen molar-refractivity contribution in [1.82, 2.24) is 28.9 Å². The Balaban J connectivity index is 0.000000120. The van der Waals surface area contributed by atoms with Crippen molar-refractivity contribution in [2.75, 3.05) is 11.5 Å². The number of carbonyl (C=O) groups is 4. The number of nitrogens with one attached hydrogen (secondary N) is 2. The number of benzene rings is 6. The zero-order valence-corrected chi connectivity index (χ0v) is 36.9. The van der Waals surface area contributed by atoms with Crippen LogP contribution in [0.1, 0.15) is 78.4 Å². The number of imide groups is 2. The number of aromatic nitrogens is 4. The van der Waals surface area contributed by atoms with Crippen molar-refractivity contribution in [2.24, 2.45) is 17.0 Å². The molecule has 17 heteroatoms. The Labute approximate surface area is 388 Å². The van der Waals surface area contributed by atoms with Crippen LogP contribution in [0, 0.1) is 11.8 Å². The van der Waals surface area contributed by atoms with Gasteiger partial charge in [-0.3, -0.25) is 29.8 Å². The Morgan fingerprint density at radius 1 is 0.507 bits per heavy atom. The van der Waals surface area contributed by atoms with E-state index in [0.717, 1.165) is 93.6 Å². The largest absolute Gasteiger partial charge is 0.390 e. The van der Waals surface area contributed by atoms with E-state index in [1.54, 1.807) is 0 Å². The first-order valence-corrected chi connectivity index (χ1v) is 25.0. The second kappa shape index (κ2) is 12.4. The van der Waals surface area contributed by atoms with E-state index < -0.39 is 33.8 Å². The molecule has 7 aliphatic rings. The summed E-state index contributed by atoms with van der Waals surface area (Å²) >= 11 is 0. The quantitative estimate of drug-likeness (QED) is 0.0633. The number of rotatable bonds is 1. The van der Waals surface area contributed by atoms with Crippen LogP contribution in [-0.2, 0) is 9.84 Å². The van der Waals surface area contributed by atoms with Crippen molar-refractivity contribution < 1.29 is 32.7 Å². The second-order valence-corrected chi connectivity index (χ2v) is 22.0. The molecule has 10 aromatic rings. The van der Waals surface area contributed by atoms with E-state index in [4.69, 9.17) is 0 Å². The lowest BCUT2D eigenvalue weighted by molar-refractivity contribution is 0.0864. The van der Waals surface area contributed by atoms with Crippen molar-refractivity contribution in [3.63, 3.8) is 0 Å². The molecule has 5 unspecified atom stereocenters. The van der Waals surface area contributed by atoms with Gasteiger partial charge in [-0.1, -0.05) is 77.9 Å². The first-order valence-electron chi connectivity index (χ1n) is 23.2. The van der Waals surface area contributed by atoms with Gasteiger partial charge in [0.15, 0.2) is 9.84 Å². The Bertz CT molecular complexity index is 4280. The number of nitrogens with zero attached hydrogens (tertiary/aromatic N) is 7. The number of para-hydroxylation sites is 4. The van der Waals surface area contributed by atoms with Crippen LogP contribution in [0.2, 0.25) is 0 Å². The summed E-state index contributed by atoms with van der Waals surface area (Å²) in [5, 5.41) is 27.1. The third kappa shape index (κ3) is 4.29. The summed E-state index contributed by atoms with van der Waals surface area (Å²) in [4.78, 5) is 55.8. The van der Waals surface area contributed by atoms with Gasteiger partial charge in [0.2, 0.25) is 0 Å². The second-order valence-electron chi connectivity index (χ2n) is 19.8. The Hall–Kier alpha value is -7.98. The molecule has 4 bridgehead atoms. The van der Waals surface area contributed by atoms with Gasteiger partial charge in [0, 0.05) is 88.2 Å². The number of fused-ring (bicyclic) bond motifs is 24. The molecule has 3 N–H and O–H groups in total. The van der Waals surface area contributed by atoms with E-state index in [1.165, 1.54) is 0 Å². The van der Waals surface area contributed by atoms with Crippen molar-refractivity contribution in [1.29, 1.82) is 0 Å². The highest BCUT2D eigenvalue weighted by Gasteiger charge is 2.56. The number of aliphatic hydroxyl groups is 1. The summed E-state index contributed by atoms with van der Waals surface area (Å²) in [6.45, 7) is 0. The highest BCUT2D eigenvalue weighted by Crippen LogP contribution is 2.60. The molecular weight excluding hydrogens is 895 g/mol. The van der Waals surface area contributed by atoms with E-state index in [2.05, 4.69) is 51.1 Å². The monoisotopic (exact) mass is 929 g/mol. The molecule has 0 radical (unpaired) electrons. The normalized spacial score (nSPS) is 26.4. The molecule has 2 saturated carbocycles. The van der Waals surface area contributed by atoms with Gasteiger partial charge in [0.05, 0.1) is 74.0 Å². The predicted molar refractivity (Wildman–Crippen MR) is 258 cm³/mol. The van der Waals surface area contributed by atoms with E-state index in [1.807, 2.05) is 84.9 Å². The summed E-state index contributed by atoms with van der Waals surface area (Å²) in [7, 11) is -3.13. The van der Waals surface area contributed by atoms with Crippen LogP contribution in [0.15, 0.2) is 102 Å². The van der Waals surface area contributed by atoms with Crippen molar-refractivity contribution in [3.05, 3.63) is 130 Å². The average Bonchev–Trinajstić information content (AvgIpc) is 4.23. The van der Waals surface area contributed by atoms with Crippen LogP contribution < -0.4 is 10.6 Å². The third-order valence-corrected chi connectivity index (χ3v) is 18.8. The minimum absolute atomic E-state index is 0.0183. The van der Waals surface area contributed by atoms with Crippen LogP contribution in [0.4, 0.5) is 0 Å². The molecule has 0 spiro atoms. The SMILES string of the molecule is O=C1NC(=O)c2c1c1c3ccccc3n3c1c1c2c2ccccc2n1C1CC3[C@H]2CS(=O)(=O)C[C@@H]12.[N-]=[N+]=NC1C2CC([C@H]1O)n1c3ccccc3c3c4c(c5c6ccccc6n2c5c31)C(=O)NC4=O. The fourth-order valence-electron chi connectivity index (χ4n) is 14.8. The van der Waals surface area contributed by atoms with Gasteiger partial charge < -0.3 is 23.4 Å². The number of hydrogen-bond donors (Lipinski definition) is 3. The number of hydrogen-bond acceptors (Lipinski definition) is 8. The number of carbonyl (C=O) groups excluding carboxylic acids is 4. The first-order chi connectivity index (χ1) is 33.6. The third-order valence-electron chi connectivity index (χ3n) is 17.0. The van der Waals surface area contributed by atoms with Crippen LogP contribution in [0.3, 0.4) is 0 Å². The smallest absolute Gasteiger partial charge is 0.259 e. The summed E-state index contributed by atoms with van der Waals surface area (Å²) in [5.41, 5.74) is 18.3. The van der Waals surface area contributed by atoms with E-state index in [-0.39, 0.29) is 59.3 Å². The van der Waals surface area contributed by atoms with E-state index in [0.29, 0.717) is 28.7 Å². The molecule has 16 nitrogen and oxygen atoms in total. The summed E-state index contributed by atoms with van der Waals surface area (Å²) in [6.07, 6.45) is 0.505. The predicted octanol–water partition coefficient (Wildman–Crippen LogP) is 8.27. The molecular formula is C52H35N9O7S. The molecule has 8 atom stereocenters. The van der Waals surface area contributed by atoms with Gasteiger partial charge in [-0.25, -0.2) is 8.42 Å². The fraction of sp³-hybridized carbons (Fsp3) is 0.231. The Kier molecular flexibility index (Phi) is 6.82. The van der Waals surface area contributed by atoms with Crippen molar-refractivity contribution in [3.8, 4) is 0 Å². The maximum Gasteiger partial charge on any atom is 0.259 e. The summed E-state index contributed by atoms with van der Waals surface area (Å²) in [5.74, 6) is -1.06. The number of amides is 4. The lowest BCUT2D eigenvalue weighted by atomic mass is 9.94. The Morgan fingerprint density at radius 2 is 0.826 bits per heavy atom. The van der Waals surface area contributed by atoms with Gasteiger partial charge >= 0.3 is 0 Å². The molecule has 4 amide bonds. The maximum absolute atomic E-state index is 13.2. The molecule has 17 rings (SSSR count). The van der Waals surface area contributed by atoms with E-state index >= 15 is 0 Å². The van der Waals surface area contributed by atoms with Gasteiger partial charge in [-0.05, 0) is 54.5 Å². The average molecular weight is 930 g/mol. The molecule has 1 saturated heterocycles. The van der Waals surface area contributed by atoms with Crippen LogP contribution >= 0.6 is 0 Å². The molecule has 5 aliphatic heterocycles. The van der Waals surface area contributed by atoms with Crippen LogP contribution in [0.5, 0.6) is 0 Å². The first kappa shape index (κ1) is 38.0. The minimum atomic E-state index is -3.13. The van der Waals surface area contributed by atoms with Crippen molar-refractivity contribution >= 4 is 121 Å². The lowest BCUT2D eigenvalue weighted by Crippen LogP contribution is -2.30. The molecule has 4 aromatic heterocycles. The summed E-state index contributed by atoms with van der Waals surface area (Å²) in [6, 6.07) is 30.3. The standard InChI is InChI=1S/C27H19N3O4S.C25H16N6O3/c31-26-22-20-12-5-1-3-7-16(12)29-18-9-19(15-11-35(33,34)10-14(15)18)30-17-8-4-2-6-13(17)21(25(30)24(20)29)23(22)27(32)28-26;26-29-28-20-14-9-15(23(20)32)31-13-8-4-2-6-11(13)17-19-18(24(33)27-25(19)34)16-10-5-1-3-7-12(10)30(14)21(16)22(17)31/h1-8,14-15,18-19H,9-11H2,(H,28,31,32);1-8,14-15,20,23,32H,9H2,(H,27,33,34)/t14-,15+,18?,19?;14?,15?,20?,23-/m.1/s1. The molecule has 9 heterocycles.